The Morgan fingerprint density at radius 1 is 1.38 bits per heavy atom. The van der Waals surface area contributed by atoms with E-state index in [1.54, 1.807) is 30.5 Å². The zero-order chi connectivity index (χ0) is 18.4. The van der Waals surface area contributed by atoms with Gasteiger partial charge in [0.15, 0.2) is 5.76 Å². The number of amides is 1. The summed E-state index contributed by atoms with van der Waals surface area (Å²) >= 11 is 6.04. The second-order valence-corrected chi connectivity index (χ2v) is 6.70. The van der Waals surface area contributed by atoms with Gasteiger partial charge in [-0.3, -0.25) is 4.79 Å². The summed E-state index contributed by atoms with van der Waals surface area (Å²) < 4.78 is 11.1. The minimum atomic E-state index is -0.382. The molecule has 2 aromatic rings. The third kappa shape index (κ3) is 4.99. The number of halogens is 1. The highest BCUT2D eigenvalue weighted by atomic mass is 35.5. The number of hydrogen-bond donors (Lipinski definition) is 1. The van der Waals surface area contributed by atoms with Crippen molar-refractivity contribution in [3.05, 3.63) is 64.6 Å². The van der Waals surface area contributed by atoms with Crippen molar-refractivity contribution in [2.45, 2.75) is 32.8 Å². The van der Waals surface area contributed by atoms with Gasteiger partial charge in [-0.25, -0.2) is 5.43 Å². The van der Waals surface area contributed by atoms with Crippen LogP contribution in [-0.2, 0) is 6.61 Å². The third-order valence-electron chi connectivity index (χ3n) is 4.22. The van der Waals surface area contributed by atoms with Crippen molar-refractivity contribution in [2.24, 2.45) is 11.0 Å². The van der Waals surface area contributed by atoms with Crippen molar-refractivity contribution in [3.8, 4) is 5.75 Å². The zero-order valence-corrected chi connectivity index (χ0v) is 15.3. The lowest BCUT2D eigenvalue weighted by atomic mass is 9.91. The molecule has 5 nitrogen and oxygen atoms in total. The van der Waals surface area contributed by atoms with Crippen LogP contribution in [-0.4, -0.2) is 12.1 Å². The van der Waals surface area contributed by atoms with Crippen LogP contribution in [0, 0.1) is 5.92 Å². The summed E-state index contributed by atoms with van der Waals surface area (Å²) in [5.41, 5.74) is 3.93. The van der Waals surface area contributed by atoms with E-state index in [1.807, 2.05) is 12.1 Å². The van der Waals surface area contributed by atoms with Crippen molar-refractivity contribution in [1.29, 1.82) is 0 Å². The van der Waals surface area contributed by atoms with E-state index in [0.29, 0.717) is 22.5 Å². The van der Waals surface area contributed by atoms with Gasteiger partial charge in [-0.2, -0.15) is 5.10 Å². The maximum Gasteiger partial charge on any atom is 0.307 e. The number of para-hydroxylation sites is 1. The summed E-state index contributed by atoms with van der Waals surface area (Å²) in [6, 6.07) is 10.5. The monoisotopic (exact) mass is 372 g/mol. The Balaban J connectivity index is 1.49. The highest BCUT2D eigenvalue weighted by Crippen LogP contribution is 2.24. The molecule has 3 rings (SSSR count). The van der Waals surface area contributed by atoms with Crippen molar-refractivity contribution >= 4 is 23.7 Å². The van der Waals surface area contributed by atoms with Crippen LogP contribution in [0.15, 0.2) is 57.6 Å². The fourth-order valence-corrected chi connectivity index (χ4v) is 2.86. The average Bonchev–Trinajstić information content (AvgIpc) is 3.12. The maximum atomic E-state index is 12.1. The van der Waals surface area contributed by atoms with E-state index in [-0.39, 0.29) is 18.3 Å². The van der Waals surface area contributed by atoms with Gasteiger partial charge in [-0.05, 0) is 56.4 Å². The molecule has 1 amide bonds. The third-order valence-corrected chi connectivity index (χ3v) is 4.53. The molecule has 1 aromatic carbocycles. The molecule has 1 atom stereocenters. The molecule has 0 radical (unpaired) electrons. The number of ether oxygens (including phenoxy) is 1. The Hall–Kier alpha value is -2.53. The zero-order valence-electron chi connectivity index (χ0n) is 14.6. The highest BCUT2D eigenvalue weighted by Gasteiger charge is 2.13. The predicted molar refractivity (Wildman–Crippen MR) is 102 cm³/mol. The van der Waals surface area contributed by atoms with Crippen molar-refractivity contribution in [1.82, 2.24) is 5.43 Å². The van der Waals surface area contributed by atoms with Crippen LogP contribution in [0.2, 0.25) is 5.02 Å². The molecule has 0 fully saturated rings. The quantitative estimate of drug-likeness (QED) is 0.442. The van der Waals surface area contributed by atoms with E-state index in [1.165, 1.54) is 5.57 Å². The fourth-order valence-electron chi connectivity index (χ4n) is 2.67. The van der Waals surface area contributed by atoms with Crippen LogP contribution in [0.3, 0.4) is 0 Å². The Labute approximate surface area is 157 Å². The smallest absolute Gasteiger partial charge is 0.307 e. The number of rotatable bonds is 6. The molecular formula is C20H21ClN2O3. The van der Waals surface area contributed by atoms with E-state index in [0.717, 1.165) is 19.3 Å². The SMILES string of the molecule is CC1=CC[C@H](/C=N\NC(=O)c2ccc(COc3ccccc3Cl)o2)CC1. The first-order valence-electron chi connectivity index (χ1n) is 8.57. The Bertz CT molecular complexity index is 826. The first kappa shape index (κ1) is 18.3. The van der Waals surface area contributed by atoms with Crippen LogP contribution >= 0.6 is 11.6 Å². The number of allylic oxidation sites excluding steroid dienone is 2. The van der Waals surface area contributed by atoms with Crippen molar-refractivity contribution < 1.29 is 13.9 Å². The molecule has 1 aliphatic carbocycles. The molecule has 0 saturated carbocycles. The number of carbonyl (C=O) groups is 1. The minimum Gasteiger partial charge on any atom is -0.484 e. The molecule has 1 heterocycles. The first-order valence-corrected chi connectivity index (χ1v) is 8.95. The molecular weight excluding hydrogens is 352 g/mol. The number of benzene rings is 1. The van der Waals surface area contributed by atoms with Crippen LogP contribution < -0.4 is 10.2 Å². The summed E-state index contributed by atoms with van der Waals surface area (Å²) in [6.07, 6.45) is 7.13. The normalized spacial score (nSPS) is 17.2. The van der Waals surface area contributed by atoms with E-state index in [4.69, 9.17) is 20.8 Å². The first-order chi connectivity index (χ1) is 12.6. The van der Waals surface area contributed by atoms with Crippen molar-refractivity contribution in [3.63, 3.8) is 0 Å². The predicted octanol–water partition coefficient (Wildman–Crippen LogP) is 4.97. The summed E-state index contributed by atoms with van der Waals surface area (Å²) in [5, 5.41) is 4.58. The molecule has 0 aliphatic heterocycles. The molecule has 26 heavy (non-hydrogen) atoms. The average molecular weight is 373 g/mol. The van der Waals surface area contributed by atoms with Gasteiger partial charge >= 0.3 is 5.91 Å². The number of nitrogens with zero attached hydrogens (tertiary/aromatic N) is 1. The Morgan fingerprint density at radius 2 is 2.23 bits per heavy atom. The van der Waals surface area contributed by atoms with Gasteiger partial charge in [0.25, 0.3) is 0 Å². The molecule has 136 valence electrons. The van der Waals surface area contributed by atoms with Gasteiger partial charge in [-0.15, -0.1) is 0 Å². The molecule has 0 saturated heterocycles. The van der Waals surface area contributed by atoms with Gasteiger partial charge in [0.1, 0.15) is 18.1 Å². The van der Waals surface area contributed by atoms with Crippen molar-refractivity contribution in [2.75, 3.05) is 0 Å². The van der Waals surface area contributed by atoms with Gasteiger partial charge in [-0.1, -0.05) is 35.4 Å². The van der Waals surface area contributed by atoms with E-state index < -0.39 is 0 Å². The lowest BCUT2D eigenvalue weighted by Gasteiger charge is -2.15. The molecule has 0 unspecified atom stereocenters. The minimum absolute atomic E-state index is 0.189. The summed E-state index contributed by atoms with van der Waals surface area (Å²) in [6.45, 7) is 2.33. The molecule has 0 bridgehead atoms. The summed E-state index contributed by atoms with van der Waals surface area (Å²) in [4.78, 5) is 12.1. The second-order valence-electron chi connectivity index (χ2n) is 6.29. The van der Waals surface area contributed by atoms with Gasteiger partial charge in [0.05, 0.1) is 5.02 Å². The number of nitrogens with one attached hydrogen (secondary N) is 1. The van der Waals surface area contributed by atoms with E-state index in [9.17, 15) is 4.79 Å². The number of carbonyl (C=O) groups excluding carboxylic acids is 1. The lowest BCUT2D eigenvalue weighted by Crippen LogP contribution is -2.18. The van der Waals surface area contributed by atoms with Crippen LogP contribution in [0.1, 0.15) is 42.5 Å². The topological polar surface area (TPSA) is 63.8 Å². The highest BCUT2D eigenvalue weighted by molar-refractivity contribution is 6.32. The fraction of sp³-hybridized carbons (Fsp3) is 0.300. The summed E-state index contributed by atoms with van der Waals surface area (Å²) in [5.74, 6) is 1.28. The van der Waals surface area contributed by atoms with E-state index >= 15 is 0 Å². The molecule has 1 N–H and O–H groups in total. The van der Waals surface area contributed by atoms with Gasteiger partial charge in [0.2, 0.25) is 0 Å². The van der Waals surface area contributed by atoms with Crippen LogP contribution in [0.4, 0.5) is 0 Å². The van der Waals surface area contributed by atoms with E-state index in [2.05, 4.69) is 23.5 Å². The molecule has 0 spiro atoms. The Morgan fingerprint density at radius 3 is 3.00 bits per heavy atom. The largest absolute Gasteiger partial charge is 0.484 e. The van der Waals surface area contributed by atoms with Crippen LogP contribution in [0.5, 0.6) is 5.75 Å². The lowest BCUT2D eigenvalue weighted by molar-refractivity contribution is 0.0923. The van der Waals surface area contributed by atoms with Gasteiger partial charge in [0, 0.05) is 6.21 Å². The number of furan rings is 1. The summed E-state index contributed by atoms with van der Waals surface area (Å²) in [7, 11) is 0. The maximum absolute atomic E-state index is 12.1. The number of hydrazone groups is 1. The Kier molecular flexibility index (Phi) is 6.12. The van der Waals surface area contributed by atoms with Crippen LogP contribution in [0.25, 0.3) is 0 Å². The number of hydrogen-bond acceptors (Lipinski definition) is 4. The molecule has 1 aromatic heterocycles. The van der Waals surface area contributed by atoms with Gasteiger partial charge < -0.3 is 9.15 Å². The standard InChI is InChI=1S/C20H21ClN2O3/c1-14-6-8-15(9-7-14)12-22-23-20(24)19-11-10-16(26-19)13-25-18-5-3-2-4-17(18)21/h2-6,10-12,15H,7-9,13H2,1H3,(H,23,24)/b22-12-/t15-/m0/s1. The molecule has 1 aliphatic rings. The second kappa shape index (κ2) is 8.72. The molecule has 6 heteroatoms.